The monoisotopic (exact) mass is 411 g/mol. The van der Waals surface area contributed by atoms with Crippen molar-refractivity contribution in [2.24, 2.45) is 16.5 Å². The average molecular weight is 411 g/mol. The minimum Gasteiger partial charge on any atom is -0.504 e. The van der Waals surface area contributed by atoms with Gasteiger partial charge in [-0.1, -0.05) is 0 Å². The first kappa shape index (κ1) is 23.5. The molecular weight excluding hydrogens is 386 g/mol. The number of rotatable bonds is 10. The maximum Gasteiger partial charge on any atom is 0.328 e. The minimum atomic E-state index is -1.57. The Balaban J connectivity index is 2.95. The van der Waals surface area contributed by atoms with Gasteiger partial charge >= 0.3 is 5.97 Å². The third kappa shape index (κ3) is 7.54. The fourth-order valence-corrected chi connectivity index (χ4v) is 2.32. The van der Waals surface area contributed by atoms with Gasteiger partial charge in [0.15, 0.2) is 23.5 Å². The van der Waals surface area contributed by atoms with Gasteiger partial charge in [-0.15, -0.1) is 0 Å². The van der Waals surface area contributed by atoms with Crippen LogP contribution in [0, 0.1) is 0 Å². The zero-order valence-electron chi connectivity index (χ0n) is 15.7. The molecule has 0 saturated heterocycles. The predicted octanol–water partition coefficient (Wildman–Crippen LogP) is -1.80. The first-order valence-corrected chi connectivity index (χ1v) is 8.62. The van der Waals surface area contributed by atoms with Crippen molar-refractivity contribution in [2.75, 3.05) is 6.54 Å². The summed E-state index contributed by atoms with van der Waals surface area (Å²) in [5.74, 6) is -4.11. The molecule has 0 aromatic heterocycles. The Morgan fingerprint density at radius 1 is 1.14 bits per heavy atom. The number of phenols is 2. The summed E-state index contributed by atoms with van der Waals surface area (Å²) in [5, 5.41) is 42.1. The molecule has 0 aliphatic heterocycles. The van der Waals surface area contributed by atoms with Crippen molar-refractivity contribution >= 4 is 23.7 Å². The van der Waals surface area contributed by atoms with Crippen LogP contribution in [-0.4, -0.2) is 68.9 Å². The molecule has 0 heterocycles. The lowest BCUT2D eigenvalue weighted by Crippen LogP contribution is -2.54. The molecule has 0 saturated carbocycles. The standard InChI is InChI=1S/C17H25N5O7/c1-8(23)13(16(28)29)22-15(27)10(3-2-6-20-17(18)19)21-14(26)9-4-5-11(24)12(25)7-9/h4-5,7-8,10,13,23-25H,2-3,6H2,1H3,(H,21,26)(H,22,27)(H,28,29)(H4,18,19,20)/t8-,10+,13+/m1/s1. The Kier molecular flexibility index (Phi) is 8.68. The van der Waals surface area contributed by atoms with E-state index in [1.54, 1.807) is 0 Å². The summed E-state index contributed by atoms with van der Waals surface area (Å²) in [5.41, 5.74) is 10.4. The molecule has 12 nitrogen and oxygen atoms in total. The van der Waals surface area contributed by atoms with Gasteiger partial charge in [-0.3, -0.25) is 14.6 Å². The number of phenolic OH excluding ortho intramolecular Hbond substituents is 2. The Labute approximate surface area is 166 Å². The molecule has 0 unspecified atom stereocenters. The Hall–Kier alpha value is -3.54. The van der Waals surface area contributed by atoms with Gasteiger partial charge in [0.05, 0.1) is 6.10 Å². The van der Waals surface area contributed by atoms with E-state index in [4.69, 9.17) is 16.6 Å². The highest BCUT2D eigenvalue weighted by molar-refractivity contribution is 5.98. The van der Waals surface area contributed by atoms with Crippen LogP contribution in [0.4, 0.5) is 0 Å². The second-order valence-electron chi connectivity index (χ2n) is 6.24. The molecule has 0 fully saturated rings. The van der Waals surface area contributed by atoms with Crippen molar-refractivity contribution in [1.82, 2.24) is 10.6 Å². The number of amides is 2. The number of hydrogen-bond donors (Lipinski definition) is 8. The largest absolute Gasteiger partial charge is 0.504 e. The molecule has 3 atom stereocenters. The SMILES string of the molecule is C[C@@H](O)[C@H](NC(=O)[C@H](CCCN=C(N)N)NC(=O)c1ccc(O)c(O)c1)C(=O)O. The number of hydrogen-bond acceptors (Lipinski definition) is 7. The number of aliphatic hydroxyl groups excluding tert-OH is 1. The van der Waals surface area contributed by atoms with E-state index in [1.165, 1.54) is 13.0 Å². The smallest absolute Gasteiger partial charge is 0.328 e. The molecular formula is C17H25N5O7. The molecule has 160 valence electrons. The number of aliphatic carboxylic acids is 1. The lowest BCUT2D eigenvalue weighted by atomic mass is 10.1. The van der Waals surface area contributed by atoms with Gasteiger partial charge in [0.1, 0.15) is 6.04 Å². The zero-order chi connectivity index (χ0) is 22.1. The van der Waals surface area contributed by atoms with E-state index in [0.717, 1.165) is 12.1 Å². The number of carboxylic acids is 1. The molecule has 0 spiro atoms. The Morgan fingerprint density at radius 3 is 2.31 bits per heavy atom. The summed E-state index contributed by atoms with van der Waals surface area (Å²) in [6.45, 7) is 1.37. The second kappa shape index (κ2) is 10.7. The van der Waals surface area contributed by atoms with E-state index in [0.29, 0.717) is 0 Å². The molecule has 12 heteroatoms. The molecule has 0 aliphatic carbocycles. The van der Waals surface area contributed by atoms with Crippen molar-refractivity contribution in [3.63, 3.8) is 0 Å². The number of nitrogens with zero attached hydrogens (tertiary/aromatic N) is 1. The van der Waals surface area contributed by atoms with Gasteiger partial charge in [0.2, 0.25) is 5.91 Å². The van der Waals surface area contributed by atoms with Gasteiger partial charge in [-0.25, -0.2) is 4.79 Å². The normalized spacial score (nSPS) is 13.6. The van der Waals surface area contributed by atoms with E-state index < -0.39 is 47.5 Å². The summed E-state index contributed by atoms with van der Waals surface area (Å²) in [6, 6.07) is 0.598. The summed E-state index contributed by atoms with van der Waals surface area (Å²) in [6.07, 6.45) is -1.03. The van der Waals surface area contributed by atoms with E-state index in [-0.39, 0.29) is 30.9 Å². The van der Waals surface area contributed by atoms with E-state index in [1.807, 2.05) is 0 Å². The molecule has 29 heavy (non-hydrogen) atoms. The number of aliphatic imine (C=N–C) groups is 1. The van der Waals surface area contributed by atoms with Crippen LogP contribution in [0.15, 0.2) is 23.2 Å². The van der Waals surface area contributed by atoms with Crippen LogP contribution in [0.25, 0.3) is 0 Å². The fraction of sp³-hybridized carbons (Fsp3) is 0.412. The first-order chi connectivity index (χ1) is 13.5. The van der Waals surface area contributed by atoms with Crippen LogP contribution in [0.5, 0.6) is 11.5 Å². The number of nitrogens with one attached hydrogen (secondary N) is 2. The number of aromatic hydroxyl groups is 2. The predicted molar refractivity (Wildman–Crippen MR) is 102 cm³/mol. The van der Waals surface area contributed by atoms with E-state index >= 15 is 0 Å². The third-order valence-corrected chi connectivity index (χ3v) is 3.85. The van der Waals surface area contributed by atoms with Gasteiger partial charge in [-0.2, -0.15) is 0 Å². The van der Waals surface area contributed by atoms with Crippen LogP contribution >= 0.6 is 0 Å². The van der Waals surface area contributed by atoms with Gasteiger partial charge < -0.3 is 42.5 Å². The van der Waals surface area contributed by atoms with Crippen LogP contribution in [0.2, 0.25) is 0 Å². The first-order valence-electron chi connectivity index (χ1n) is 8.62. The maximum absolute atomic E-state index is 12.5. The number of guanidine groups is 1. The van der Waals surface area contributed by atoms with E-state index in [2.05, 4.69) is 15.6 Å². The zero-order valence-corrected chi connectivity index (χ0v) is 15.7. The van der Waals surface area contributed by atoms with Crippen LogP contribution in [0.3, 0.4) is 0 Å². The molecule has 0 bridgehead atoms. The van der Waals surface area contributed by atoms with Crippen LogP contribution in [-0.2, 0) is 9.59 Å². The summed E-state index contributed by atoms with van der Waals surface area (Å²) in [4.78, 5) is 39.9. The number of carbonyl (C=O) groups excluding carboxylic acids is 2. The number of aliphatic hydroxyl groups is 1. The van der Waals surface area contributed by atoms with E-state index in [9.17, 15) is 29.7 Å². The number of carbonyl (C=O) groups is 3. The summed E-state index contributed by atoms with van der Waals surface area (Å²) >= 11 is 0. The van der Waals surface area contributed by atoms with Crippen molar-refractivity contribution in [2.45, 2.75) is 38.0 Å². The highest BCUT2D eigenvalue weighted by atomic mass is 16.4. The maximum atomic E-state index is 12.5. The minimum absolute atomic E-state index is 0.0346. The van der Waals surface area contributed by atoms with Crippen LogP contribution in [0.1, 0.15) is 30.1 Å². The van der Waals surface area contributed by atoms with Crippen molar-refractivity contribution in [3.8, 4) is 11.5 Å². The molecule has 1 rings (SSSR count). The lowest BCUT2D eigenvalue weighted by molar-refractivity contribution is -0.145. The lowest BCUT2D eigenvalue weighted by Gasteiger charge is -2.22. The molecule has 1 aromatic rings. The number of carboxylic acid groups (broad SMARTS) is 1. The fourth-order valence-electron chi connectivity index (χ4n) is 2.32. The van der Waals surface area contributed by atoms with Crippen molar-refractivity contribution in [1.29, 1.82) is 0 Å². The van der Waals surface area contributed by atoms with Gasteiger partial charge in [0, 0.05) is 12.1 Å². The number of benzene rings is 1. The highest BCUT2D eigenvalue weighted by Crippen LogP contribution is 2.24. The molecule has 2 amide bonds. The molecule has 0 aliphatic rings. The summed E-state index contributed by atoms with van der Waals surface area (Å²) in [7, 11) is 0. The topological polar surface area (TPSA) is 221 Å². The Morgan fingerprint density at radius 2 is 1.79 bits per heavy atom. The average Bonchev–Trinajstić information content (AvgIpc) is 2.63. The number of nitrogens with two attached hydrogens (primary N) is 2. The molecule has 1 aromatic carbocycles. The van der Waals surface area contributed by atoms with Crippen LogP contribution < -0.4 is 22.1 Å². The quantitative estimate of drug-likeness (QED) is 0.0940. The Bertz CT molecular complexity index is 777. The van der Waals surface area contributed by atoms with Gasteiger partial charge in [-0.05, 0) is 38.0 Å². The summed E-state index contributed by atoms with van der Waals surface area (Å²) < 4.78 is 0. The second-order valence-corrected chi connectivity index (χ2v) is 6.24. The highest BCUT2D eigenvalue weighted by Gasteiger charge is 2.29. The molecule has 10 N–H and O–H groups in total. The van der Waals surface area contributed by atoms with Crippen molar-refractivity contribution < 1.29 is 34.8 Å². The van der Waals surface area contributed by atoms with Gasteiger partial charge in [0.25, 0.3) is 5.91 Å². The molecule has 0 radical (unpaired) electrons. The van der Waals surface area contributed by atoms with Crippen molar-refractivity contribution in [3.05, 3.63) is 23.8 Å². The third-order valence-electron chi connectivity index (χ3n) is 3.85.